The average Bonchev–Trinajstić information content (AvgIpc) is 2.29. The van der Waals surface area contributed by atoms with Gasteiger partial charge in [0.15, 0.2) is 0 Å². The van der Waals surface area contributed by atoms with E-state index in [0.29, 0.717) is 6.54 Å². The number of benzene rings is 2. The van der Waals surface area contributed by atoms with Crippen LogP contribution in [0.1, 0.15) is 5.56 Å². The van der Waals surface area contributed by atoms with E-state index in [-0.39, 0.29) is 0 Å². The molecule has 2 nitrogen and oxygen atoms in total. The second-order valence-electron chi connectivity index (χ2n) is 3.63. The summed E-state index contributed by atoms with van der Waals surface area (Å²) in [5, 5.41) is 0.726. The SMILES string of the molecule is NCc1cc(-c2cccc(Cl)c2)ccc1N. The van der Waals surface area contributed by atoms with Crippen molar-refractivity contribution in [2.45, 2.75) is 6.54 Å². The molecule has 0 atom stereocenters. The molecule has 0 spiro atoms. The summed E-state index contributed by atoms with van der Waals surface area (Å²) in [7, 11) is 0. The van der Waals surface area contributed by atoms with Crippen LogP contribution in [0.2, 0.25) is 5.02 Å². The average molecular weight is 233 g/mol. The third kappa shape index (κ3) is 2.18. The molecule has 2 aromatic rings. The van der Waals surface area contributed by atoms with E-state index in [2.05, 4.69) is 0 Å². The molecule has 0 heterocycles. The minimum Gasteiger partial charge on any atom is -0.398 e. The lowest BCUT2D eigenvalue weighted by Crippen LogP contribution is -2.01. The van der Waals surface area contributed by atoms with Gasteiger partial charge < -0.3 is 11.5 Å². The maximum absolute atomic E-state index is 5.95. The molecule has 0 saturated carbocycles. The Bertz CT molecular complexity index is 509. The molecule has 2 aromatic carbocycles. The molecule has 0 fully saturated rings. The number of nitrogens with two attached hydrogens (primary N) is 2. The Morgan fingerprint density at radius 2 is 1.75 bits per heavy atom. The lowest BCUT2D eigenvalue weighted by molar-refractivity contribution is 1.08. The second-order valence-corrected chi connectivity index (χ2v) is 4.06. The molecule has 2 rings (SSSR count). The highest BCUT2D eigenvalue weighted by atomic mass is 35.5. The molecule has 3 heteroatoms. The lowest BCUT2D eigenvalue weighted by atomic mass is 10.0. The summed E-state index contributed by atoms with van der Waals surface area (Å²) in [6, 6.07) is 13.6. The van der Waals surface area contributed by atoms with Crippen LogP contribution >= 0.6 is 11.6 Å². The van der Waals surface area contributed by atoms with Crippen LogP contribution in [-0.4, -0.2) is 0 Å². The van der Waals surface area contributed by atoms with E-state index in [1.807, 2.05) is 42.5 Å². The van der Waals surface area contributed by atoms with Gasteiger partial charge in [-0.25, -0.2) is 0 Å². The van der Waals surface area contributed by atoms with Gasteiger partial charge in [-0.15, -0.1) is 0 Å². The van der Waals surface area contributed by atoms with E-state index in [1.54, 1.807) is 0 Å². The molecule has 0 unspecified atom stereocenters. The Labute approximate surface area is 99.8 Å². The normalized spacial score (nSPS) is 10.4. The third-order valence-electron chi connectivity index (χ3n) is 2.52. The van der Waals surface area contributed by atoms with Crippen molar-refractivity contribution in [2.75, 3.05) is 5.73 Å². The van der Waals surface area contributed by atoms with Crippen molar-refractivity contribution in [3.63, 3.8) is 0 Å². The summed E-state index contributed by atoms with van der Waals surface area (Å²) in [5.74, 6) is 0. The zero-order valence-electron chi connectivity index (χ0n) is 8.78. The highest BCUT2D eigenvalue weighted by Crippen LogP contribution is 2.25. The molecular weight excluding hydrogens is 220 g/mol. The molecular formula is C13H13ClN2. The first-order chi connectivity index (χ1) is 7.70. The molecule has 0 bridgehead atoms. The largest absolute Gasteiger partial charge is 0.398 e. The maximum atomic E-state index is 5.95. The maximum Gasteiger partial charge on any atom is 0.0412 e. The Kier molecular flexibility index (Phi) is 3.13. The number of halogens is 1. The number of hydrogen-bond donors (Lipinski definition) is 2. The van der Waals surface area contributed by atoms with Crippen LogP contribution in [-0.2, 0) is 6.54 Å². The van der Waals surface area contributed by atoms with Crippen LogP contribution in [0, 0.1) is 0 Å². The lowest BCUT2D eigenvalue weighted by Gasteiger charge is -2.07. The fourth-order valence-corrected chi connectivity index (χ4v) is 1.82. The quantitative estimate of drug-likeness (QED) is 0.782. The van der Waals surface area contributed by atoms with Crippen LogP contribution < -0.4 is 11.5 Å². The highest BCUT2D eigenvalue weighted by molar-refractivity contribution is 6.30. The molecule has 0 radical (unpaired) electrons. The monoisotopic (exact) mass is 232 g/mol. The molecule has 0 aliphatic rings. The van der Waals surface area contributed by atoms with Gasteiger partial charge in [0.2, 0.25) is 0 Å². The third-order valence-corrected chi connectivity index (χ3v) is 2.76. The first kappa shape index (κ1) is 11.0. The highest BCUT2D eigenvalue weighted by Gasteiger charge is 2.02. The molecule has 16 heavy (non-hydrogen) atoms. The van der Waals surface area contributed by atoms with Crippen LogP contribution in [0.3, 0.4) is 0 Å². The van der Waals surface area contributed by atoms with E-state index in [1.165, 1.54) is 0 Å². The Morgan fingerprint density at radius 3 is 2.44 bits per heavy atom. The molecule has 0 aromatic heterocycles. The van der Waals surface area contributed by atoms with Gasteiger partial charge in [-0.05, 0) is 41.0 Å². The van der Waals surface area contributed by atoms with Gasteiger partial charge in [-0.1, -0.05) is 29.8 Å². The summed E-state index contributed by atoms with van der Waals surface area (Å²) < 4.78 is 0. The fourth-order valence-electron chi connectivity index (χ4n) is 1.63. The van der Waals surface area contributed by atoms with E-state index >= 15 is 0 Å². The van der Waals surface area contributed by atoms with E-state index in [4.69, 9.17) is 23.1 Å². The van der Waals surface area contributed by atoms with E-state index in [0.717, 1.165) is 27.4 Å². The van der Waals surface area contributed by atoms with Gasteiger partial charge in [-0.3, -0.25) is 0 Å². The predicted octanol–water partition coefficient (Wildman–Crippen LogP) is 3.05. The van der Waals surface area contributed by atoms with Gasteiger partial charge >= 0.3 is 0 Å². The van der Waals surface area contributed by atoms with E-state index in [9.17, 15) is 0 Å². The number of anilines is 1. The number of nitrogen functional groups attached to an aromatic ring is 1. The zero-order chi connectivity index (χ0) is 11.5. The first-order valence-electron chi connectivity index (χ1n) is 5.05. The predicted molar refractivity (Wildman–Crippen MR) is 69.2 cm³/mol. The smallest absolute Gasteiger partial charge is 0.0412 e. The van der Waals surface area contributed by atoms with Crippen molar-refractivity contribution < 1.29 is 0 Å². The van der Waals surface area contributed by atoms with Crippen molar-refractivity contribution in [3.05, 3.63) is 53.1 Å². The summed E-state index contributed by atoms with van der Waals surface area (Å²) in [6.07, 6.45) is 0. The van der Waals surface area contributed by atoms with Gasteiger partial charge in [-0.2, -0.15) is 0 Å². The Morgan fingerprint density at radius 1 is 1.00 bits per heavy atom. The van der Waals surface area contributed by atoms with Crippen molar-refractivity contribution >= 4 is 17.3 Å². The standard InChI is InChI=1S/C13H13ClN2/c14-12-3-1-2-9(7-12)10-4-5-13(16)11(6-10)8-15/h1-7H,8,15-16H2. The van der Waals surface area contributed by atoms with Crippen LogP contribution in [0.25, 0.3) is 11.1 Å². The Hall–Kier alpha value is -1.51. The van der Waals surface area contributed by atoms with Gasteiger partial charge in [0.1, 0.15) is 0 Å². The van der Waals surface area contributed by atoms with Crippen LogP contribution in [0.4, 0.5) is 5.69 Å². The first-order valence-corrected chi connectivity index (χ1v) is 5.43. The molecule has 0 amide bonds. The van der Waals surface area contributed by atoms with Crippen molar-refractivity contribution in [1.82, 2.24) is 0 Å². The summed E-state index contributed by atoms with van der Waals surface area (Å²) in [4.78, 5) is 0. The van der Waals surface area contributed by atoms with Gasteiger partial charge in [0.05, 0.1) is 0 Å². The zero-order valence-corrected chi connectivity index (χ0v) is 9.54. The minimum atomic E-state index is 0.445. The molecule has 0 aliphatic heterocycles. The van der Waals surface area contributed by atoms with Crippen molar-refractivity contribution in [1.29, 1.82) is 0 Å². The van der Waals surface area contributed by atoms with Crippen molar-refractivity contribution in [2.24, 2.45) is 5.73 Å². The van der Waals surface area contributed by atoms with Crippen LogP contribution in [0.5, 0.6) is 0 Å². The molecule has 4 N–H and O–H groups in total. The van der Waals surface area contributed by atoms with E-state index < -0.39 is 0 Å². The van der Waals surface area contributed by atoms with Crippen LogP contribution in [0.15, 0.2) is 42.5 Å². The fraction of sp³-hybridized carbons (Fsp3) is 0.0769. The minimum absolute atomic E-state index is 0.445. The van der Waals surface area contributed by atoms with Gasteiger partial charge in [0.25, 0.3) is 0 Å². The number of rotatable bonds is 2. The van der Waals surface area contributed by atoms with Gasteiger partial charge in [0, 0.05) is 17.3 Å². The Balaban J connectivity index is 2.48. The molecule has 0 saturated heterocycles. The summed E-state index contributed by atoms with van der Waals surface area (Å²) in [6.45, 7) is 0.445. The second kappa shape index (κ2) is 4.56. The molecule has 82 valence electrons. The summed E-state index contributed by atoms with van der Waals surface area (Å²) in [5.41, 5.74) is 15.3. The number of hydrogen-bond acceptors (Lipinski definition) is 2. The topological polar surface area (TPSA) is 52.0 Å². The molecule has 0 aliphatic carbocycles. The van der Waals surface area contributed by atoms with Crippen molar-refractivity contribution in [3.8, 4) is 11.1 Å². The summed E-state index contributed by atoms with van der Waals surface area (Å²) >= 11 is 5.95.